The summed E-state index contributed by atoms with van der Waals surface area (Å²) in [7, 11) is 0. The van der Waals surface area contributed by atoms with Crippen molar-refractivity contribution < 1.29 is 9.47 Å². The maximum atomic E-state index is 5.45. The first-order valence-electron chi connectivity index (χ1n) is 4.42. The van der Waals surface area contributed by atoms with Crippen molar-refractivity contribution in [1.29, 1.82) is 0 Å². The lowest BCUT2D eigenvalue weighted by molar-refractivity contribution is -0.161. The molecule has 0 aromatic heterocycles. The van der Waals surface area contributed by atoms with E-state index in [1.54, 1.807) is 0 Å². The van der Waals surface area contributed by atoms with Gasteiger partial charge in [0.1, 0.15) is 0 Å². The van der Waals surface area contributed by atoms with Gasteiger partial charge in [0.05, 0.1) is 6.61 Å². The van der Waals surface area contributed by atoms with Gasteiger partial charge in [-0.3, -0.25) is 0 Å². The summed E-state index contributed by atoms with van der Waals surface area (Å²) in [4.78, 5) is 0. The summed E-state index contributed by atoms with van der Waals surface area (Å²) in [6, 6.07) is 0. The molecule has 0 saturated carbocycles. The molecule has 0 bridgehead atoms. The molecule has 0 aromatic carbocycles. The molecule has 1 aliphatic heterocycles. The van der Waals surface area contributed by atoms with E-state index in [1.807, 2.05) is 6.08 Å². The zero-order chi connectivity index (χ0) is 8.65. The molecule has 0 N–H and O–H groups in total. The highest BCUT2D eigenvalue weighted by atomic mass is 35.5. The van der Waals surface area contributed by atoms with Gasteiger partial charge in [0.2, 0.25) is 0 Å². The lowest BCUT2D eigenvalue weighted by Crippen LogP contribution is -2.22. The fourth-order valence-corrected chi connectivity index (χ4v) is 1.30. The summed E-state index contributed by atoms with van der Waals surface area (Å²) in [6.07, 6.45) is 6.19. The number of halogens is 1. The molecule has 2 nitrogen and oxygen atoms in total. The summed E-state index contributed by atoms with van der Waals surface area (Å²) >= 11 is 5.36. The molecular formula is C9H15ClO2. The highest BCUT2D eigenvalue weighted by molar-refractivity contribution is 6.25. The Bertz CT molecular complexity index is 130. The van der Waals surface area contributed by atoms with Crippen LogP contribution in [0.15, 0.2) is 11.6 Å². The smallest absolute Gasteiger partial charge is 0.157 e. The zero-order valence-electron chi connectivity index (χ0n) is 7.17. The normalized spacial score (nSPS) is 24.9. The van der Waals surface area contributed by atoms with Crippen molar-refractivity contribution in [3.63, 3.8) is 0 Å². The molecule has 0 aromatic rings. The average Bonchev–Trinajstić information content (AvgIpc) is 2.14. The number of ether oxygens (including phenoxy) is 2. The van der Waals surface area contributed by atoms with Crippen LogP contribution in [0.1, 0.15) is 25.7 Å². The Hall–Kier alpha value is -0.0500. The van der Waals surface area contributed by atoms with Crippen LogP contribution in [0.2, 0.25) is 0 Å². The molecule has 3 heteroatoms. The third-order valence-electron chi connectivity index (χ3n) is 1.82. The van der Waals surface area contributed by atoms with Crippen LogP contribution in [0.5, 0.6) is 0 Å². The molecule has 1 rings (SSSR count). The van der Waals surface area contributed by atoms with Crippen molar-refractivity contribution in [1.82, 2.24) is 0 Å². The van der Waals surface area contributed by atoms with E-state index in [2.05, 4.69) is 0 Å². The van der Waals surface area contributed by atoms with Gasteiger partial charge in [-0.1, -0.05) is 17.7 Å². The molecule has 1 fully saturated rings. The first kappa shape index (κ1) is 10.0. The van der Waals surface area contributed by atoms with Crippen LogP contribution >= 0.6 is 11.6 Å². The van der Waals surface area contributed by atoms with Crippen LogP contribution in [0.25, 0.3) is 0 Å². The molecule has 0 spiro atoms. The minimum atomic E-state index is 0.0301. The van der Waals surface area contributed by atoms with Crippen molar-refractivity contribution in [2.24, 2.45) is 0 Å². The average molecular weight is 191 g/mol. The van der Waals surface area contributed by atoms with Crippen LogP contribution in [0.3, 0.4) is 0 Å². The van der Waals surface area contributed by atoms with Crippen LogP contribution < -0.4 is 0 Å². The third kappa shape index (κ3) is 4.10. The quantitative estimate of drug-likeness (QED) is 0.635. The first-order valence-corrected chi connectivity index (χ1v) is 4.85. The molecule has 0 amide bonds. The lowest BCUT2D eigenvalue weighted by Gasteiger charge is -2.22. The van der Waals surface area contributed by atoms with Crippen LogP contribution in [0, 0.1) is 0 Å². The van der Waals surface area contributed by atoms with Gasteiger partial charge in [-0.2, -0.15) is 0 Å². The van der Waals surface area contributed by atoms with Gasteiger partial charge in [0.15, 0.2) is 6.29 Å². The predicted molar refractivity (Wildman–Crippen MR) is 49.2 cm³/mol. The van der Waals surface area contributed by atoms with Crippen molar-refractivity contribution >= 4 is 11.6 Å². The van der Waals surface area contributed by atoms with E-state index >= 15 is 0 Å². The summed E-state index contributed by atoms with van der Waals surface area (Å²) in [5, 5.41) is 0. The SMILES string of the molecule is Cl/C=C/CCOC1CCCCO1. The molecule has 70 valence electrons. The molecule has 12 heavy (non-hydrogen) atoms. The van der Waals surface area contributed by atoms with Crippen molar-refractivity contribution in [2.75, 3.05) is 13.2 Å². The molecule has 1 heterocycles. The molecule has 1 unspecified atom stereocenters. The Labute approximate surface area is 78.5 Å². The number of hydrogen-bond donors (Lipinski definition) is 0. The Morgan fingerprint density at radius 3 is 3.08 bits per heavy atom. The van der Waals surface area contributed by atoms with Gasteiger partial charge in [-0.05, 0) is 25.7 Å². The molecule has 0 radical (unpaired) electrons. The summed E-state index contributed by atoms with van der Waals surface area (Å²) in [6.45, 7) is 1.55. The standard InChI is InChI=1S/C9H15ClO2/c10-6-2-4-8-12-9-5-1-3-7-11-9/h2,6,9H,1,3-5,7-8H2/b6-2+. The second-order valence-corrected chi connectivity index (χ2v) is 3.07. The molecule has 1 aliphatic rings. The zero-order valence-corrected chi connectivity index (χ0v) is 7.93. The highest BCUT2D eigenvalue weighted by Gasteiger charge is 2.12. The van der Waals surface area contributed by atoms with E-state index in [0.717, 1.165) is 19.4 Å². The second kappa shape index (κ2) is 6.46. The van der Waals surface area contributed by atoms with Crippen molar-refractivity contribution in [3.05, 3.63) is 11.6 Å². The lowest BCUT2D eigenvalue weighted by atomic mass is 10.2. The Morgan fingerprint density at radius 1 is 1.50 bits per heavy atom. The van der Waals surface area contributed by atoms with Gasteiger partial charge < -0.3 is 9.47 Å². The van der Waals surface area contributed by atoms with E-state index < -0.39 is 0 Å². The molecular weight excluding hydrogens is 176 g/mol. The Kier molecular flexibility index (Phi) is 5.41. The van der Waals surface area contributed by atoms with Gasteiger partial charge in [-0.25, -0.2) is 0 Å². The Morgan fingerprint density at radius 2 is 2.42 bits per heavy atom. The predicted octanol–water partition coefficient (Wildman–Crippen LogP) is 2.67. The number of hydrogen-bond acceptors (Lipinski definition) is 2. The largest absolute Gasteiger partial charge is 0.353 e. The minimum absolute atomic E-state index is 0.0301. The fourth-order valence-electron chi connectivity index (χ4n) is 1.17. The van der Waals surface area contributed by atoms with Crippen LogP contribution in [0.4, 0.5) is 0 Å². The maximum absolute atomic E-state index is 5.45. The van der Waals surface area contributed by atoms with Crippen LogP contribution in [-0.4, -0.2) is 19.5 Å². The van der Waals surface area contributed by atoms with Crippen molar-refractivity contribution in [3.8, 4) is 0 Å². The summed E-state index contributed by atoms with van der Waals surface area (Å²) in [5.41, 5.74) is 1.52. The first-order chi connectivity index (χ1) is 5.93. The highest BCUT2D eigenvalue weighted by Crippen LogP contribution is 2.13. The van der Waals surface area contributed by atoms with Crippen LogP contribution in [-0.2, 0) is 9.47 Å². The fraction of sp³-hybridized carbons (Fsp3) is 0.778. The molecule has 1 saturated heterocycles. The Balaban J connectivity index is 1.97. The van der Waals surface area contributed by atoms with Gasteiger partial charge in [-0.15, -0.1) is 0 Å². The van der Waals surface area contributed by atoms with E-state index in [0.29, 0.717) is 6.61 Å². The van der Waals surface area contributed by atoms with E-state index in [1.165, 1.54) is 18.4 Å². The molecule has 1 atom stereocenters. The molecule has 0 aliphatic carbocycles. The van der Waals surface area contributed by atoms with Crippen molar-refractivity contribution in [2.45, 2.75) is 32.0 Å². The van der Waals surface area contributed by atoms with Gasteiger partial charge in [0.25, 0.3) is 0 Å². The van der Waals surface area contributed by atoms with E-state index in [-0.39, 0.29) is 6.29 Å². The summed E-state index contributed by atoms with van der Waals surface area (Å²) < 4.78 is 10.8. The summed E-state index contributed by atoms with van der Waals surface area (Å²) in [5.74, 6) is 0. The van der Waals surface area contributed by atoms with E-state index in [4.69, 9.17) is 21.1 Å². The third-order valence-corrected chi connectivity index (χ3v) is 1.99. The van der Waals surface area contributed by atoms with E-state index in [9.17, 15) is 0 Å². The van der Waals surface area contributed by atoms with Gasteiger partial charge in [0, 0.05) is 12.1 Å². The number of rotatable bonds is 4. The topological polar surface area (TPSA) is 18.5 Å². The monoisotopic (exact) mass is 190 g/mol. The maximum Gasteiger partial charge on any atom is 0.157 e. The van der Waals surface area contributed by atoms with Gasteiger partial charge >= 0.3 is 0 Å². The second-order valence-electron chi connectivity index (χ2n) is 2.82. The minimum Gasteiger partial charge on any atom is -0.353 e.